The number of aromatic nitrogens is 2. The minimum atomic E-state index is -1.26. The first-order valence-corrected chi connectivity index (χ1v) is 11.4. The number of hydrogen-bond donors (Lipinski definition) is 3. The van der Waals surface area contributed by atoms with Crippen LogP contribution in [0.5, 0.6) is 0 Å². The average Bonchev–Trinajstić information content (AvgIpc) is 2.83. The Labute approximate surface area is 197 Å². The molecule has 0 spiro atoms. The molecule has 0 bridgehead atoms. The monoisotopic (exact) mass is 466 g/mol. The van der Waals surface area contributed by atoms with Crippen LogP contribution >= 0.6 is 0 Å². The van der Waals surface area contributed by atoms with Gasteiger partial charge in [-0.1, -0.05) is 56.3 Å². The number of nitrogens with zero attached hydrogens (tertiary/aromatic N) is 2. The normalized spacial score (nSPS) is 12.0. The van der Waals surface area contributed by atoms with E-state index in [2.05, 4.69) is 4.98 Å². The second kappa shape index (κ2) is 11.4. The predicted octanol–water partition coefficient (Wildman–Crippen LogP) is 2.49. The molecule has 3 aromatic rings. The van der Waals surface area contributed by atoms with Gasteiger partial charge in [0.15, 0.2) is 0 Å². The minimum Gasteiger partial charge on any atom is -0.305 e. The number of hydrogen-bond acceptors (Lipinski definition) is 5. The Morgan fingerprint density at radius 2 is 1.71 bits per heavy atom. The van der Waals surface area contributed by atoms with Gasteiger partial charge >= 0.3 is 5.69 Å². The summed E-state index contributed by atoms with van der Waals surface area (Å²) >= 11 is 0. The Morgan fingerprint density at radius 3 is 2.38 bits per heavy atom. The van der Waals surface area contributed by atoms with E-state index >= 15 is 0 Å². The number of para-hydroxylation sites is 1. The lowest BCUT2D eigenvalue weighted by molar-refractivity contribution is -0.134. The molecule has 0 aliphatic carbocycles. The number of hydroxylamine groups is 1. The maximum atomic E-state index is 13.3. The summed E-state index contributed by atoms with van der Waals surface area (Å²) in [4.78, 5) is 54.9. The van der Waals surface area contributed by atoms with Crippen LogP contribution in [-0.4, -0.2) is 32.7 Å². The van der Waals surface area contributed by atoms with Gasteiger partial charge in [0.05, 0.1) is 10.9 Å². The Kier molecular flexibility index (Phi) is 8.37. The van der Waals surface area contributed by atoms with Gasteiger partial charge in [-0.2, -0.15) is 4.68 Å². The fourth-order valence-corrected chi connectivity index (χ4v) is 3.88. The first-order valence-electron chi connectivity index (χ1n) is 11.4. The molecule has 0 saturated carbocycles. The van der Waals surface area contributed by atoms with Gasteiger partial charge in [0.1, 0.15) is 6.04 Å². The summed E-state index contributed by atoms with van der Waals surface area (Å²) in [5.41, 5.74) is 1.43. The lowest BCUT2D eigenvalue weighted by atomic mass is 10.0. The van der Waals surface area contributed by atoms with Crippen molar-refractivity contribution in [1.82, 2.24) is 15.1 Å². The minimum absolute atomic E-state index is 0.0320. The van der Waals surface area contributed by atoms with E-state index in [9.17, 15) is 24.4 Å². The average molecular weight is 467 g/mol. The number of carbonyl (C=O) groups excluding carboxylic acids is 2. The maximum Gasteiger partial charge on any atom is 0.348 e. The largest absolute Gasteiger partial charge is 0.348 e. The number of nitrogens with one attached hydrogen (secondary N) is 2. The number of carbonyl (C=O) groups is 2. The highest BCUT2D eigenvalue weighted by molar-refractivity contribution is 5.95. The van der Waals surface area contributed by atoms with E-state index in [1.807, 2.05) is 44.2 Å². The van der Waals surface area contributed by atoms with E-state index < -0.39 is 29.1 Å². The van der Waals surface area contributed by atoms with Gasteiger partial charge in [0.2, 0.25) is 5.91 Å². The highest BCUT2D eigenvalue weighted by atomic mass is 16.5. The van der Waals surface area contributed by atoms with Crippen LogP contribution in [0.15, 0.2) is 64.2 Å². The first kappa shape index (κ1) is 24.9. The Morgan fingerprint density at radius 1 is 1.03 bits per heavy atom. The molecule has 1 atom stereocenters. The third kappa shape index (κ3) is 5.79. The van der Waals surface area contributed by atoms with E-state index in [1.165, 1.54) is 6.07 Å². The van der Waals surface area contributed by atoms with E-state index in [4.69, 9.17) is 0 Å². The molecule has 0 fully saturated rings. The molecular weight excluding hydrogens is 436 g/mol. The third-order valence-corrected chi connectivity index (χ3v) is 5.68. The number of amides is 2. The lowest BCUT2D eigenvalue weighted by Gasteiger charge is -2.31. The summed E-state index contributed by atoms with van der Waals surface area (Å²) in [6.07, 6.45) is 1.77. The summed E-state index contributed by atoms with van der Waals surface area (Å²) in [5.74, 6) is -1.23. The summed E-state index contributed by atoms with van der Waals surface area (Å²) in [6.45, 7) is 3.90. The quantitative estimate of drug-likeness (QED) is 0.313. The van der Waals surface area contributed by atoms with Crippen LogP contribution < -0.4 is 21.7 Å². The van der Waals surface area contributed by atoms with Gasteiger partial charge in [-0.3, -0.25) is 19.6 Å². The lowest BCUT2D eigenvalue weighted by Crippen LogP contribution is -2.61. The van der Waals surface area contributed by atoms with Crippen LogP contribution in [0.25, 0.3) is 10.9 Å². The highest BCUT2D eigenvalue weighted by Crippen LogP contribution is 2.14. The molecule has 9 nitrogen and oxygen atoms in total. The zero-order chi connectivity index (χ0) is 24.7. The fourth-order valence-electron chi connectivity index (χ4n) is 3.88. The molecule has 1 heterocycles. The number of rotatable bonds is 10. The van der Waals surface area contributed by atoms with Gasteiger partial charge in [-0.15, -0.1) is 0 Å². The van der Waals surface area contributed by atoms with E-state index in [0.717, 1.165) is 10.6 Å². The van der Waals surface area contributed by atoms with Gasteiger partial charge in [0, 0.05) is 6.42 Å². The van der Waals surface area contributed by atoms with Crippen molar-refractivity contribution in [3.63, 3.8) is 0 Å². The van der Waals surface area contributed by atoms with E-state index in [1.54, 1.807) is 23.7 Å². The van der Waals surface area contributed by atoms with Crippen molar-refractivity contribution < 1.29 is 14.8 Å². The van der Waals surface area contributed by atoms with Crippen LogP contribution in [0.4, 0.5) is 0 Å². The molecular formula is C25H30N4O5. The Balaban J connectivity index is 2.04. The zero-order valence-corrected chi connectivity index (χ0v) is 19.4. The van der Waals surface area contributed by atoms with E-state index in [0.29, 0.717) is 29.5 Å². The van der Waals surface area contributed by atoms with Crippen molar-refractivity contribution in [1.29, 1.82) is 0 Å². The highest BCUT2D eigenvalue weighted by Gasteiger charge is 2.33. The summed E-state index contributed by atoms with van der Waals surface area (Å²) in [7, 11) is 0. The predicted molar refractivity (Wildman–Crippen MR) is 129 cm³/mol. The van der Waals surface area contributed by atoms with Gasteiger partial charge in [-0.25, -0.2) is 15.3 Å². The molecule has 1 aromatic heterocycles. The van der Waals surface area contributed by atoms with Crippen LogP contribution in [0.3, 0.4) is 0 Å². The standard InChI is InChI=1S/C25H30N4O5/c1-17(2)15-16-22(30)28(29-24(32)19-12-6-7-13-20(19)26-25(29)33)21(23(31)27-34)14-8-11-18-9-4-3-5-10-18/h3-7,9-10,12-13,17,21,34H,8,11,14-16H2,1-2H3,(H,26,33)(H,27,31)/t21-/m0/s1. The van der Waals surface area contributed by atoms with Crippen molar-refractivity contribution in [2.24, 2.45) is 5.92 Å². The van der Waals surface area contributed by atoms with Crippen molar-refractivity contribution in [2.75, 3.05) is 5.01 Å². The van der Waals surface area contributed by atoms with Crippen molar-refractivity contribution in [2.45, 2.75) is 52.0 Å². The van der Waals surface area contributed by atoms with Crippen molar-refractivity contribution >= 4 is 22.7 Å². The molecule has 0 unspecified atom stereocenters. The topological polar surface area (TPSA) is 124 Å². The van der Waals surface area contributed by atoms with E-state index in [-0.39, 0.29) is 24.1 Å². The number of aromatic amines is 1. The van der Waals surface area contributed by atoms with Crippen LogP contribution in [-0.2, 0) is 16.0 Å². The van der Waals surface area contributed by atoms with Crippen LogP contribution in [0, 0.1) is 5.92 Å². The third-order valence-electron chi connectivity index (χ3n) is 5.68. The molecule has 0 saturated heterocycles. The molecule has 0 radical (unpaired) electrons. The molecule has 2 aromatic carbocycles. The SMILES string of the molecule is CC(C)CCC(=O)N([C@@H](CCCc1ccccc1)C(=O)NO)n1c(=O)[nH]c2ccccc2c1=O. The molecule has 9 heteroatoms. The van der Waals surface area contributed by atoms with Gasteiger partial charge < -0.3 is 4.98 Å². The molecule has 3 N–H and O–H groups in total. The number of benzene rings is 2. The smallest absolute Gasteiger partial charge is 0.305 e. The second-order valence-electron chi connectivity index (χ2n) is 8.63. The second-order valence-corrected chi connectivity index (χ2v) is 8.63. The summed E-state index contributed by atoms with van der Waals surface area (Å²) in [5, 5.41) is 10.5. The number of fused-ring (bicyclic) bond motifs is 1. The summed E-state index contributed by atoms with van der Waals surface area (Å²) < 4.78 is 0.688. The molecule has 3 rings (SSSR count). The number of H-pyrrole nitrogens is 1. The van der Waals surface area contributed by atoms with Gasteiger partial charge in [-0.05, 0) is 49.3 Å². The fraction of sp³-hybridized carbons (Fsp3) is 0.360. The molecule has 0 aliphatic rings. The zero-order valence-electron chi connectivity index (χ0n) is 19.4. The molecule has 2 amide bonds. The van der Waals surface area contributed by atoms with Crippen molar-refractivity contribution in [3.8, 4) is 0 Å². The van der Waals surface area contributed by atoms with Crippen LogP contribution in [0.1, 0.15) is 45.1 Å². The molecule has 0 aliphatic heterocycles. The molecule has 180 valence electrons. The van der Waals surface area contributed by atoms with Gasteiger partial charge in [0.25, 0.3) is 11.5 Å². The van der Waals surface area contributed by atoms with Crippen LogP contribution in [0.2, 0.25) is 0 Å². The van der Waals surface area contributed by atoms with Crippen molar-refractivity contribution in [3.05, 3.63) is 81.0 Å². The maximum absolute atomic E-state index is 13.3. The number of aryl methyl sites for hydroxylation is 1. The molecule has 34 heavy (non-hydrogen) atoms. The Bertz CT molecular complexity index is 1250. The first-order chi connectivity index (χ1) is 16.3. The summed E-state index contributed by atoms with van der Waals surface area (Å²) in [6, 6.07) is 14.8. The Hall–Kier alpha value is -3.72.